The van der Waals surface area contributed by atoms with Gasteiger partial charge in [0.1, 0.15) is 17.4 Å². The van der Waals surface area contributed by atoms with Crippen LogP contribution in [0.25, 0.3) is 0 Å². The number of carboxylic acids is 1. The highest BCUT2D eigenvalue weighted by Crippen LogP contribution is 2.31. The predicted octanol–water partition coefficient (Wildman–Crippen LogP) is 4.61. The number of carbonyl (C=O) groups is 2. The Hall–Kier alpha value is -2.24. The zero-order valence-electron chi connectivity index (χ0n) is 17.3. The van der Waals surface area contributed by atoms with Crippen molar-refractivity contribution >= 4 is 44.5 Å². The van der Waals surface area contributed by atoms with Gasteiger partial charge in [-0.15, -0.1) is 0 Å². The highest BCUT2D eigenvalue weighted by Gasteiger charge is 2.23. The molecule has 0 fully saturated rings. The Morgan fingerprint density at radius 1 is 1.26 bits per heavy atom. The fourth-order valence-electron chi connectivity index (χ4n) is 2.60. The maximum Gasteiger partial charge on any atom is 0.344 e. The smallest absolute Gasteiger partial charge is 0.344 e. The maximum atomic E-state index is 13.9. The summed E-state index contributed by atoms with van der Waals surface area (Å²) in [5, 5.41) is 18.1. The lowest BCUT2D eigenvalue weighted by Gasteiger charge is -2.09. The molecule has 2 aromatic rings. The summed E-state index contributed by atoms with van der Waals surface area (Å²) in [6, 6.07) is 4.40. The summed E-state index contributed by atoms with van der Waals surface area (Å²) >= 11 is 3.96. The Kier molecular flexibility index (Phi) is 10.2. The number of hydrogen-bond donors (Lipinski definition) is 4. The lowest BCUT2D eigenvalue weighted by atomic mass is 10.2. The fraction of sp³-hybridized carbons (Fsp3) is 0.450. The number of halogens is 2. The number of aromatic carboxylic acids is 1. The lowest BCUT2D eigenvalue weighted by molar-refractivity contribution is 0.0693. The minimum atomic E-state index is -1.30. The Morgan fingerprint density at radius 3 is 2.68 bits per heavy atom. The van der Waals surface area contributed by atoms with Crippen molar-refractivity contribution in [1.82, 2.24) is 15.0 Å². The number of aromatic nitrogens is 1. The van der Waals surface area contributed by atoms with Gasteiger partial charge in [-0.05, 0) is 43.1 Å². The van der Waals surface area contributed by atoms with Gasteiger partial charge in [-0.3, -0.25) is 5.32 Å². The molecule has 0 radical (unpaired) electrons. The Bertz CT molecular complexity index is 894. The molecule has 4 N–H and O–H groups in total. The van der Waals surface area contributed by atoms with E-state index in [1.54, 1.807) is 6.07 Å². The van der Waals surface area contributed by atoms with Gasteiger partial charge in [0.05, 0.1) is 0 Å². The van der Waals surface area contributed by atoms with Gasteiger partial charge in [0.15, 0.2) is 5.56 Å². The van der Waals surface area contributed by atoms with E-state index in [4.69, 9.17) is 4.74 Å². The fourth-order valence-corrected chi connectivity index (χ4v) is 3.66. The van der Waals surface area contributed by atoms with Crippen molar-refractivity contribution in [2.24, 2.45) is 0 Å². The standard InChI is InChI=1S/C20H26BrFN4O4S/c1-12(2)23-8-4-3-5-9-24-20(29)25-18-16(19(27)28)17(26-31-18)30-11-13-6-7-14(21)10-15(13)22/h6-7,10,12,23H,3-5,8-9,11H2,1-2H3,(H,27,28)(H2,24,25,29). The zero-order chi connectivity index (χ0) is 22.8. The number of ether oxygens (including phenoxy) is 1. The molecule has 1 heterocycles. The van der Waals surface area contributed by atoms with E-state index in [1.165, 1.54) is 12.1 Å². The molecule has 31 heavy (non-hydrogen) atoms. The van der Waals surface area contributed by atoms with Gasteiger partial charge in [-0.2, -0.15) is 4.37 Å². The molecule has 0 aliphatic rings. The van der Waals surface area contributed by atoms with Gasteiger partial charge in [0.2, 0.25) is 5.88 Å². The summed E-state index contributed by atoms with van der Waals surface area (Å²) in [5.74, 6) is -1.96. The van der Waals surface area contributed by atoms with Crippen molar-refractivity contribution in [3.05, 3.63) is 39.6 Å². The van der Waals surface area contributed by atoms with E-state index < -0.39 is 17.8 Å². The number of hydrogen-bond acceptors (Lipinski definition) is 6. The van der Waals surface area contributed by atoms with Gasteiger partial charge < -0.3 is 20.5 Å². The zero-order valence-corrected chi connectivity index (χ0v) is 19.7. The third kappa shape index (κ3) is 8.42. The van der Waals surface area contributed by atoms with Crippen molar-refractivity contribution in [3.63, 3.8) is 0 Å². The molecular formula is C20H26BrFN4O4S. The van der Waals surface area contributed by atoms with E-state index >= 15 is 0 Å². The summed E-state index contributed by atoms with van der Waals surface area (Å²) in [4.78, 5) is 23.7. The number of anilines is 1. The summed E-state index contributed by atoms with van der Waals surface area (Å²) in [6.07, 6.45) is 2.79. The van der Waals surface area contributed by atoms with E-state index in [0.29, 0.717) is 17.1 Å². The van der Waals surface area contributed by atoms with E-state index in [9.17, 15) is 19.1 Å². The second kappa shape index (κ2) is 12.6. The predicted molar refractivity (Wildman–Crippen MR) is 122 cm³/mol. The first kappa shape index (κ1) is 25.0. The molecule has 8 nitrogen and oxygen atoms in total. The highest BCUT2D eigenvalue weighted by molar-refractivity contribution is 9.10. The monoisotopic (exact) mass is 516 g/mol. The number of unbranched alkanes of at least 4 members (excludes halogenated alkanes) is 2. The van der Waals surface area contributed by atoms with Gasteiger partial charge in [0.25, 0.3) is 0 Å². The normalized spacial score (nSPS) is 10.9. The van der Waals surface area contributed by atoms with Crippen LogP contribution in [0.3, 0.4) is 0 Å². The highest BCUT2D eigenvalue weighted by atomic mass is 79.9. The molecule has 0 atom stereocenters. The molecule has 1 aromatic carbocycles. The van der Waals surface area contributed by atoms with E-state index in [1.807, 2.05) is 0 Å². The molecule has 0 aliphatic heterocycles. The quantitative estimate of drug-likeness (QED) is 0.306. The van der Waals surface area contributed by atoms with Crippen molar-refractivity contribution in [2.75, 3.05) is 18.4 Å². The number of rotatable bonds is 12. The minimum absolute atomic E-state index is 0.0532. The van der Waals surface area contributed by atoms with Crippen molar-refractivity contribution in [3.8, 4) is 5.88 Å². The molecule has 0 saturated heterocycles. The van der Waals surface area contributed by atoms with Crippen LogP contribution in [0.2, 0.25) is 0 Å². The molecule has 0 bridgehead atoms. The van der Waals surface area contributed by atoms with Crippen molar-refractivity contribution in [1.29, 1.82) is 0 Å². The average molecular weight is 517 g/mol. The summed E-state index contributed by atoms with van der Waals surface area (Å²) in [6.45, 7) is 5.39. The number of carbonyl (C=O) groups excluding carboxylic acids is 1. The second-order valence-corrected chi connectivity index (χ2v) is 8.76. The second-order valence-electron chi connectivity index (χ2n) is 7.07. The van der Waals surface area contributed by atoms with Crippen molar-refractivity contribution < 1.29 is 23.8 Å². The van der Waals surface area contributed by atoms with Crippen molar-refractivity contribution in [2.45, 2.75) is 45.8 Å². The first-order chi connectivity index (χ1) is 14.8. The van der Waals surface area contributed by atoms with Gasteiger partial charge in [0, 0.05) is 22.6 Å². The van der Waals surface area contributed by atoms with Crippen LogP contribution in [0, 0.1) is 5.82 Å². The van der Waals surface area contributed by atoms with E-state index in [2.05, 4.69) is 50.1 Å². The summed E-state index contributed by atoms with van der Waals surface area (Å²) in [7, 11) is 0. The lowest BCUT2D eigenvalue weighted by Crippen LogP contribution is -2.30. The topological polar surface area (TPSA) is 113 Å². The van der Waals surface area contributed by atoms with Crippen LogP contribution in [0.5, 0.6) is 5.88 Å². The van der Waals surface area contributed by atoms with Gasteiger partial charge in [-0.25, -0.2) is 14.0 Å². The molecule has 2 amide bonds. The Labute approximate surface area is 192 Å². The molecule has 11 heteroatoms. The number of urea groups is 1. The minimum Gasteiger partial charge on any atom is -0.477 e. The number of nitrogens with zero attached hydrogens (tertiary/aromatic N) is 1. The largest absolute Gasteiger partial charge is 0.477 e. The van der Waals surface area contributed by atoms with Crippen LogP contribution in [0.1, 0.15) is 49.0 Å². The number of benzene rings is 1. The first-order valence-electron chi connectivity index (χ1n) is 9.85. The van der Waals surface area contributed by atoms with Crippen LogP contribution < -0.4 is 20.7 Å². The van der Waals surface area contributed by atoms with Crippen LogP contribution >= 0.6 is 27.5 Å². The summed E-state index contributed by atoms with van der Waals surface area (Å²) in [5.41, 5.74) is -0.0131. The molecule has 2 rings (SSSR count). The van der Waals surface area contributed by atoms with E-state index in [-0.39, 0.29) is 28.6 Å². The molecule has 0 spiro atoms. The van der Waals surface area contributed by atoms with Crippen LogP contribution in [-0.2, 0) is 6.61 Å². The molecule has 0 unspecified atom stereocenters. The first-order valence-corrected chi connectivity index (χ1v) is 11.4. The molecule has 1 aromatic heterocycles. The summed E-state index contributed by atoms with van der Waals surface area (Å²) < 4.78 is 23.9. The van der Waals surface area contributed by atoms with Crippen LogP contribution in [0.15, 0.2) is 22.7 Å². The van der Waals surface area contributed by atoms with Gasteiger partial charge in [-0.1, -0.05) is 42.3 Å². The number of amides is 2. The van der Waals surface area contributed by atoms with Gasteiger partial charge >= 0.3 is 12.0 Å². The molecule has 0 saturated carbocycles. The molecular weight excluding hydrogens is 491 g/mol. The van der Waals surface area contributed by atoms with Crippen LogP contribution in [-0.4, -0.2) is 40.6 Å². The SMILES string of the molecule is CC(C)NCCCCCNC(=O)Nc1snc(OCc2ccc(Br)cc2F)c1C(=O)O. The number of carboxylic acid groups (broad SMARTS) is 1. The van der Waals surface area contributed by atoms with Crippen LogP contribution in [0.4, 0.5) is 14.2 Å². The Balaban J connectivity index is 1.85. The Morgan fingerprint density at radius 2 is 2.00 bits per heavy atom. The number of nitrogens with one attached hydrogen (secondary N) is 3. The van der Waals surface area contributed by atoms with E-state index in [0.717, 1.165) is 37.3 Å². The molecule has 170 valence electrons. The molecule has 0 aliphatic carbocycles. The third-order valence-electron chi connectivity index (χ3n) is 4.17. The maximum absolute atomic E-state index is 13.9. The third-order valence-corrected chi connectivity index (χ3v) is 5.41. The average Bonchev–Trinajstić information content (AvgIpc) is 3.09.